The summed E-state index contributed by atoms with van der Waals surface area (Å²) in [6.45, 7) is 0.734. The summed E-state index contributed by atoms with van der Waals surface area (Å²) in [5.41, 5.74) is -0.902. The Hall–Kier alpha value is -2.33. The van der Waals surface area contributed by atoms with Crippen LogP contribution in [0, 0.1) is 11.3 Å². The summed E-state index contributed by atoms with van der Waals surface area (Å²) in [6, 6.07) is 6.14. The van der Waals surface area contributed by atoms with Crippen LogP contribution in [0.3, 0.4) is 0 Å². The zero-order valence-electron chi connectivity index (χ0n) is 12.4. The van der Waals surface area contributed by atoms with Crippen molar-refractivity contribution in [2.45, 2.75) is 18.9 Å². The van der Waals surface area contributed by atoms with Gasteiger partial charge in [0.1, 0.15) is 11.9 Å². The minimum Gasteiger partial charge on any atom is -0.349 e. The van der Waals surface area contributed by atoms with E-state index in [2.05, 4.69) is 6.07 Å². The number of hydrogen-bond acceptors (Lipinski definition) is 5. The van der Waals surface area contributed by atoms with Crippen LogP contribution in [0.1, 0.15) is 29.3 Å². The first-order chi connectivity index (χ1) is 10.6. The highest BCUT2D eigenvalue weighted by Gasteiger charge is 2.31. The molecule has 1 fully saturated rings. The molecule has 0 amide bonds. The van der Waals surface area contributed by atoms with Crippen molar-refractivity contribution in [2.24, 2.45) is 14.1 Å². The summed E-state index contributed by atoms with van der Waals surface area (Å²) in [5.74, 6) is 0.437. The van der Waals surface area contributed by atoms with Gasteiger partial charge in [-0.25, -0.2) is 4.79 Å². The van der Waals surface area contributed by atoms with Crippen LogP contribution in [0.2, 0.25) is 0 Å². The van der Waals surface area contributed by atoms with E-state index in [4.69, 9.17) is 0 Å². The van der Waals surface area contributed by atoms with E-state index in [1.54, 1.807) is 18.4 Å². The fourth-order valence-electron chi connectivity index (χ4n) is 3.06. The third kappa shape index (κ3) is 2.07. The Labute approximate surface area is 131 Å². The van der Waals surface area contributed by atoms with Crippen molar-refractivity contribution >= 4 is 17.2 Å². The smallest absolute Gasteiger partial charge is 0.332 e. The maximum atomic E-state index is 12.2. The van der Waals surface area contributed by atoms with E-state index in [9.17, 15) is 14.9 Å². The van der Waals surface area contributed by atoms with E-state index in [0.717, 1.165) is 24.0 Å². The van der Waals surface area contributed by atoms with Crippen LogP contribution in [-0.2, 0) is 14.1 Å². The summed E-state index contributed by atoms with van der Waals surface area (Å²) in [5, 5.41) is 11.4. The van der Waals surface area contributed by atoms with Crippen molar-refractivity contribution < 1.29 is 0 Å². The number of nitriles is 1. The summed E-state index contributed by atoms with van der Waals surface area (Å²) in [4.78, 5) is 27.7. The third-order valence-corrected chi connectivity index (χ3v) is 5.12. The highest BCUT2D eigenvalue weighted by atomic mass is 32.1. The van der Waals surface area contributed by atoms with E-state index in [-0.39, 0.29) is 11.6 Å². The average Bonchev–Trinajstić information content (AvgIpc) is 3.18. The molecule has 0 bridgehead atoms. The summed E-state index contributed by atoms with van der Waals surface area (Å²) < 4.78 is 2.39. The molecule has 1 saturated heterocycles. The minimum absolute atomic E-state index is 0.0352. The van der Waals surface area contributed by atoms with E-state index in [0.29, 0.717) is 5.82 Å². The van der Waals surface area contributed by atoms with Crippen molar-refractivity contribution in [3.63, 3.8) is 0 Å². The molecule has 3 rings (SSSR count). The zero-order valence-corrected chi connectivity index (χ0v) is 13.3. The Morgan fingerprint density at radius 2 is 2.09 bits per heavy atom. The van der Waals surface area contributed by atoms with Crippen LogP contribution in [-0.4, -0.2) is 15.7 Å². The first-order valence-corrected chi connectivity index (χ1v) is 7.94. The highest BCUT2D eigenvalue weighted by Crippen LogP contribution is 2.38. The normalized spacial score (nSPS) is 17.7. The number of rotatable bonds is 2. The molecule has 0 aliphatic carbocycles. The van der Waals surface area contributed by atoms with Gasteiger partial charge in [0, 0.05) is 25.5 Å². The zero-order chi connectivity index (χ0) is 15.9. The van der Waals surface area contributed by atoms with Crippen LogP contribution >= 0.6 is 11.3 Å². The summed E-state index contributed by atoms with van der Waals surface area (Å²) in [7, 11) is 3.01. The molecular weight excluding hydrogens is 300 g/mol. The second-order valence-electron chi connectivity index (χ2n) is 5.38. The molecule has 2 aromatic heterocycles. The molecule has 7 heteroatoms. The molecule has 1 unspecified atom stereocenters. The van der Waals surface area contributed by atoms with Gasteiger partial charge in [0.05, 0.1) is 6.04 Å². The minimum atomic E-state index is -0.530. The lowest BCUT2D eigenvalue weighted by Crippen LogP contribution is -2.42. The van der Waals surface area contributed by atoms with Crippen LogP contribution in [0.4, 0.5) is 5.82 Å². The average molecular weight is 316 g/mol. The fraction of sp³-hybridized carbons (Fsp3) is 0.400. The van der Waals surface area contributed by atoms with E-state index in [1.807, 2.05) is 22.4 Å². The summed E-state index contributed by atoms with van der Waals surface area (Å²) >= 11 is 1.65. The van der Waals surface area contributed by atoms with Gasteiger partial charge in [-0.15, -0.1) is 11.3 Å². The molecule has 114 valence electrons. The molecule has 22 heavy (non-hydrogen) atoms. The van der Waals surface area contributed by atoms with Crippen LogP contribution in [0.25, 0.3) is 0 Å². The number of thiophene rings is 1. The topological polar surface area (TPSA) is 71.0 Å². The van der Waals surface area contributed by atoms with Crippen molar-refractivity contribution in [3.8, 4) is 6.07 Å². The van der Waals surface area contributed by atoms with Gasteiger partial charge in [-0.3, -0.25) is 13.9 Å². The van der Waals surface area contributed by atoms with Gasteiger partial charge < -0.3 is 4.90 Å². The fourth-order valence-corrected chi connectivity index (χ4v) is 3.94. The molecule has 2 aromatic rings. The Morgan fingerprint density at radius 1 is 1.32 bits per heavy atom. The second-order valence-corrected chi connectivity index (χ2v) is 6.36. The van der Waals surface area contributed by atoms with Crippen molar-refractivity contribution in [3.05, 3.63) is 48.8 Å². The Bertz CT molecular complexity index is 857. The van der Waals surface area contributed by atoms with E-state index in [1.165, 1.54) is 16.5 Å². The molecule has 0 saturated carbocycles. The van der Waals surface area contributed by atoms with E-state index < -0.39 is 11.2 Å². The maximum Gasteiger partial charge on any atom is 0.332 e. The molecule has 3 heterocycles. The predicted octanol–water partition coefficient (Wildman–Crippen LogP) is 1.36. The highest BCUT2D eigenvalue weighted by molar-refractivity contribution is 7.10. The first-order valence-electron chi connectivity index (χ1n) is 7.06. The number of anilines is 1. The molecular formula is C15H16N4O2S. The second kappa shape index (κ2) is 5.46. The summed E-state index contributed by atoms with van der Waals surface area (Å²) in [6.07, 6.45) is 1.92. The number of hydrogen-bond donors (Lipinski definition) is 0. The standard InChI is InChI=1S/C15H16N4O2S/c1-17-13(10(9-16)14(20)18(2)15(17)21)19-7-3-5-11(19)12-6-4-8-22-12/h4,6,8,11H,3,5,7H2,1-2H3. The Balaban J connectivity index is 2.22. The maximum absolute atomic E-state index is 12.2. The van der Waals surface area contributed by atoms with Gasteiger partial charge in [0.2, 0.25) is 0 Å². The van der Waals surface area contributed by atoms with Crippen molar-refractivity contribution in [1.29, 1.82) is 5.26 Å². The predicted molar refractivity (Wildman–Crippen MR) is 85.3 cm³/mol. The lowest BCUT2D eigenvalue weighted by Gasteiger charge is -2.28. The largest absolute Gasteiger partial charge is 0.349 e. The number of aromatic nitrogens is 2. The molecule has 0 N–H and O–H groups in total. The van der Waals surface area contributed by atoms with Crippen molar-refractivity contribution in [1.82, 2.24) is 9.13 Å². The molecule has 0 spiro atoms. The van der Waals surface area contributed by atoms with E-state index >= 15 is 0 Å². The van der Waals surface area contributed by atoms with Gasteiger partial charge in [0.15, 0.2) is 5.56 Å². The molecule has 1 atom stereocenters. The number of nitrogens with zero attached hydrogens (tertiary/aromatic N) is 4. The third-order valence-electron chi connectivity index (χ3n) is 4.14. The monoisotopic (exact) mass is 316 g/mol. The molecule has 1 aliphatic heterocycles. The lowest BCUT2D eigenvalue weighted by atomic mass is 10.1. The SMILES string of the molecule is Cn1c(N2CCCC2c2cccs2)c(C#N)c(=O)n(C)c1=O. The molecule has 6 nitrogen and oxygen atoms in total. The van der Waals surface area contributed by atoms with Gasteiger partial charge in [0.25, 0.3) is 5.56 Å². The van der Waals surface area contributed by atoms with Gasteiger partial charge in [-0.2, -0.15) is 5.26 Å². The molecule has 1 aliphatic rings. The Morgan fingerprint density at radius 3 is 2.73 bits per heavy atom. The lowest BCUT2D eigenvalue weighted by molar-refractivity contribution is 0.642. The Kier molecular flexibility index (Phi) is 3.62. The van der Waals surface area contributed by atoms with Crippen LogP contribution in [0.5, 0.6) is 0 Å². The first kappa shape index (κ1) is 14.6. The van der Waals surface area contributed by atoms with Gasteiger partial charge in [-0.05, 0) is 24.3 Å². The quantitative estimate of drug-likeness (QED) is 0.839. The van der Waals surface area contributed by atoms with Crippen LogP contribution in [0.15, 0.2) is 27.1 Å². The molecule has 0 radical (unpaired) electrons. The van der Waals surface area contributed by atoms with Crippen LogP contribution < -0.4 is 16.1 Å². The van der Waals surface area contributed by atoms with Gasteiger partial charge >= 0.3 is 5.69 Å². The van der Waals surface area contributed by atoms with Gasteiger partial charge in [-0.1, -0.05) is 6.07 Å². The molecule has 0 aromatic carbocycles. The van der Waals surface area contributed by atoms with Crippen molar-refractivity contribution in [2.75, 3.05) is 11.4 Å².